The number of nitrogens with one attached hydrogen (secondary N) is 6. The van der Waals surface area contributed by atoms with Crippen molar-refractivity contribution in [2.75, 3.05) is 36.9 Å². The fraction of sp³-hybridized carbons (Fsp3) is 0.302. The number of esters is 2. The molecule has 0 saturated heterocycles. The number of unbranched alkanes of at least 4 members (excludes halogenated alkanes) is 2. The summed E-state index contributed by atoms with van der Waals surface area (Å²) in [4.78, 5) is 146. The monoisotopic (exact) mass is 1200 g/mol. The van der Waals surface area contributed by atoms with Gasteiger partial charge in [-0.25, -0.2) is 19.0 Å². The minimum atomic E-state index is -2.09. The number of aromatic nitrogens is 2. The number of cyclic esters (lactones) is 1. The molecule has 3 aliphatic heterocycles. The second-order valence-electron chi connectivity index (χ2n) is 21.7. The molecule has 5 heterocycles. The number of ether oxygens (including phenoxy) is 3. The molecule has 4 aliphatic rings. The Morgan fingerprint density at radius 1 is 0.795 bits per heavy atom. The van der Waals surface area contributed by atoms with E-state index in [0.717, 1.165) is 10.5 Å². The van der Waals surface area contributed by atoms with Crippen LogP contribution in [0, 0.1) is 12.7 Å². The molecule has 10 rings (SSSR count). The number of halogens is 1. The Morgan fingerprint density at radius 3 is 2.25 bits per heavy atom. The summed E-state index contributed by atoms with van der Waals surface area (Å²) >= 11 is 0. The first-order valence-corrected chi connectivity index (χ1v) is 28.3. The number of aliphatic hydroxyl groups is 1. The summed E-state index contributed by atoms with van der Waals surface area (Å²) in [7, 11) is 0. The lowest BCUT2D eigenvalue weighted by molar-refractivity contribution is -0.169. The highest BCUT2D eigenvalue weighted by Gasteiger charge is 2.44. The number of pyridine rings is 2. The van der Waals surface area contributed by atoms with E-state index in [2.05, 4.69) is 31.9 Å². The number of carbonyl (C=O) groups is 10. The van der Waals surface area contributed by atoms with Crippen molar-refractivity contribution in [1.82, 2.24) is 35.7 Å². The molecular weight excluding hydrogens is 1140 g/mol. The number of rotatable bonds is 22. The summed E-state index contributed by atoms with van der Waals surface area (Å²) in [6.07, 6.45) is 4.06. The lowest BCUT2D eigenvalue weighted by atomic mass is 9.81. The SMILES string of the molecule is Cc1c(F)cc2nc3c(c4c2c1CC[C@@H]4NC(=O)c1ccc(NC(=O)OCc2ccc(NC(=O)CNC(=O)[C@H](Cc4ccccc4)NC(=O)COC(=O)CNC(=O)CCCCCN4C(=O)C=CC4=O)cc2)cc1)Cn1c-3cc2c(c1=O)COC(=O)[C@@]2(C)O. The third-order valence-corrected chi connectivity index (χ3v) is 15.6. The van der Waals surface area contributed by atoms with Gasteiger partial charge in [0.2, 0.25) is 17.7 Å². The van der Waals surface area contributed by atoms with Crippen LogP contribution < -0.4 is 37.5 Å². The van der Waals surface area contributed by atoms with Gasteiger partial charge in [-0.05, 0) is 110 Å². The van der Waals surface area contributed by atoms with Crippen molar-refractivity contribution in [3.63, 3.8) is 0 Å². The summed E-state index contributed by atoms with van der Waals surface area (Å²) < 4.78 is 32.5. The molecule has 6 aromatic rings. The summed E-state index contributed by atoms with van der Waals surface area (Å²) in [5.41, 5.74) is 3.46. The van der Waals surface area contributed by atoms with E-state index in [9.17, 15) is 57.8 Å². The Labute approximate surface area is 501 Å². The van der Waals surface area contributed by atoms with Gasteiger partial charge in [-0.1, -0.05) is 48.9 Å². The van der Waals surface area contributed by atoms with Crippen molar-refractivity contribution in [2.45, 2.75) is 96.2 Å². The second-order valence-corrected chi connectivity index (χ2v) is 21.7. The quantitative estimate of drug-likeness (QED) is 0.0216. The van der Waals surface area contributed by atoms with Gasteiger partial charge in [0.1, 0.15) is 31.6 Å². The first-order valence-electron chi connectivity index (χ1n) is 28.3. The van der Waals surface area contributed by atoms with Gasteiger partial charge in [-0.2, -0.15) is 0 Å². The molecule has 0 fully saturated rings. The molecular formula is C63H60FN9O15. The Morgan fingerprint density at radius 2 is 1.51 bits per heavy atom. The first kappa shape index (κ1) is 60.7. The zero-order valence-corrected chi connectivity index (χ0v) is 47.8. The van der Waals surface area contributed by atoms with Crippen LogP contribution in [-0.2, 0) is 90.8 Å². The average Bonchev–Trinajstić information content (AvgIpc) is 1.47. The van der Waals surface area contributed by atoms with Crippen molar-refractivity contribution < 1.29 is 71.7 Å². The number of aryl methyl sites for hydroxylation is 1. The van der Waals surface area contributed by atoms with Crippen LogP contribution in [0.2, 0.25) is 0 Å². The van der Waals surface area contributed by atoms with Crippen LogP contribution in [0.4, 0.5) is 20.6 Å². The Balaban J connectivity index is 0.668. The number of fused-ring (bicyclic) bond motifs is 5. The van der Waals surface area contributed by atoms with Gasteiger partial charge in [0.05, 0.1) is 41.6 Å². The van der Waals surface area contributed by atoms with Crippen LogP contribution in [0.1, 0.15) is 99.9 Å². The van der Waals surface area contributed by atoms with E-state index in [0.29, 0.717) is 93.6 Å². The van der Waals surface area contributed by atoms with Gasteiger partial charge >= 0.3 is 18.0 Å². The lowest BCUT2D eigenvalue weighted by Gasteiger charge is -2.30. The van der Waals surface area contributed by atoms with Crippen molar-refractivity contribution in [3.05, 3.63) is 169 Å². The van der Waals surface area contributed by atoms with Crippen LogP contribution in [0.15, 0.2) is 108 Å². The number of hydrogen-bond acceptors (Lipinski definition) is 16. The van der Waals surface area contributed by atoms with Crippen LogP contribution in [0.3, 0.4) is 0 Å². The van der Waals surface area contributed by atoms with Gasteiger partial charge in [-0.15, -0.1) is 0 Å². The van der Waals surface area contributed by atoms with Crippen LogP contribution >= 0.6 is 0 Å². The topological polar surface area (TPSA) is 329 Å². The predicted octanol–water partition coefficient (Wildman–Crippen LogP) is 4.23. The van der Waals surface area contributed by atoms with Gasteiger partial charge in [0.25, 0.3) is 29.2 Å². The maximum Gasteiger partial charge on any atom is 0.411 e. The third-order valence-electron chi connectivity index (χ3n) is 15.6. The number of carbonyl (C=O) groups excluding carboxylic acids is 10. The van der Waals surface area contributed by atoms with Gasteiger partial charge in [0.15, 0.2) is 12.2 Å². The summed E-state index contributed by atoms with van der Waals surface area (Å²) in [6, 6.07) is 22.3. The highest BCUT2D eigenvalue weighted by atomic mass is 19.1. The summed E-state index contributed by atoms with van der Waals surface area (Å²) in [5, 5.41) is 27.7. The van der Waals surface area contributed by atoms with Crippen molar-refractivity contribution in [2.24, 2.45) is 0 Å². The standard InChI is InChI=1S/C63H60FN9O15/c1-34-40-20-21-45(56-41-30-73-48(57(41)70-46(55(40)56)27-44(34)64)26-43-42(60(73)82)32-87-61(83)63(43,2)85)71-58(80)37-14-18-39(19-15-37)68-62(84)88-31-36-12-16-38(17-13-36)67-50(75)28-66-59(81)47(25-35-9-5-3-6-10-35)69-51(76)33-86-54(79)29-65-49(74)11-7-4-8-24-72-52(77)22-23-53(72)78/h3,5-6,9-10,12-19,22-23,26-27,45,47,85H,4,7-8,11,20-21,24-25,28-33H2,1-2H3,(H,65,74)(H,66,81)(H,67,75)(H,68,84)(H,69,76)(H,71,80)/t45-,47-,63-/m0/s1. The van der Waals surface area contributed by atoms with E-state index in [1.807, 2.05) is 0 Å². The zero-order valence-electron chi connectivity index (χ0n) is 47.8. The normalized spacial score (nSPS) is 16.3. The highest BCUT2D eigenvalue weighted by molar-refractivity contribution is 6.13. The summed E-state index contributed by atoms with van der Waals surface area (Å²) in [5.74, 6) is -5.98. The molecule has 8 amide bonds. The van der Waals surface area contributed by atoms with E-state index in [1.165, 1.54) is 54.0 Å². The van der Waals surface area contributed by atoms with Gasteiger partial charge in [-0.3, -0.25) is 53.4 Å². The maximum absolute atomic E-state index is 15.4. The fourth-order valence-electron chi connectivity index (χ4n) is 11.0. The van der Waals surface area contributed by atoms with Gasteiger partial charge < -0.3 is 50.5 Å². The zero-order chi connectivity index (χ0) is 62.4. The van der Waals surface area contributed by atoms with Crippen LogP contribution in [0.5, 0.6) is 0 Å². The van der Waals surface area contributed by atoms with E-state index >= 15 is 4.39 Å². The number of anilines is 2. The molecule has 88 heavy (non-hydrogen) atoms. The molecule has 2 aromatic heterocycles. The number of nitrogens with zero attached hydrogens (tertiary/aromatic N) is 3. The molecule has 4 aromatic carbocycles. The van der Waals surface area contributed by atoms with E-state index in [1.54, 1.807) is 67.6 Å². The lowest BCUT2D eigenvalue weighted by Crippen LogP contribution is -2.50. The smallest absolute Gasteiger partial charge is 0.411 e. The Bertz CT molecular complexity index is 3920. The van der Waals surface area contributed by atoms with E-state index in [4.69, 9.17) is 19.2 Å². The van der Waals surface area contributed by atoms with Crippen molar-refractivity contribution in [3.8, 4) is 11.4 Å². The molecule has 25 heteroatoms. The molecule has 1 aliphatic carbocycles. The predicted molar refractivity (Wildman–Crippen MR) is 312 cm³/mol. The molecule has 0 spiro atoms. The maximum atomic E-state index is 15.4. The fourth-order valence-corrected chi connectivity index (χ4v) is 11.0. The minimum absolute atomic E-state index is 0.0311. The summed E-state index contributed by atoms with van der Waals surface area (Å²) in [6.45, 7) is 1.04. The molecule has 7 N–H and O–H groups in total. The minimum Gasteiger partial charge on any atom is -0.458 e. The Kier molecular flexibility index (Phi) is 18.0. The number of hydrogen-bond donors (Lipinski definition) is 7. The second kappa shape index (κ2) is 26.0. The highest BCUT2D eigenvalue weighted by Crippen LogP contribution is 2.46. The average molecular weight is 1200 g/mol. The van der Waals surface area contributed by atoms with E-state index < -0.39 is 96.3 Å². The van der Waals surface area contributed by atoms with Crippen molar-refractivity contribution in [1.29, 1.82) is 0 Å². The number of benzene rings is 4. The molecule has 0 saturated carbocycles. The Hall–Kier alpha value is -10.4. The van der Waals surface area contributed by atoms with E-state index in [-0.39, 0.29) is 67.6 Å². The molecule has 3 atom stereocenters. The van der Waals surface area contributed by atoms with Crippen molar-refractivity contribution >= 4 is 81.7 Å². The number of amides is 8. The molecule has 24 nitrogen and oxygen atoms in total. The molecule has 454 valence electrons. The molecule has 0 bridgehead atoms. The largest absolute Gasteiger partial charge is 0.458 e. The molecule has 0 radical (unpaired) electrons. The van der Waals surface area contributed by atoms with Crippen LogP contribution in [0.25, 0.3) is 22.3 Å². The first-order chi connectivity index (χ1) is 42.2. The number of imide groups is 1. The molecule has 0 unspecified atom stereocenters. The third kappa shape index (κ3) is 13.5. The van der Waals surface area contributed by atoms with Crippen LogP contribution in [-0.4, -0.2) is 111 Å². The van der Waals surface area contributed by atoms with Gasteiger partial charge in [0, 0.05) is 71.1 Å².